The predicted octanol–water partition coefficient (Wildman–Crippen LogP) is -1.93. The summed E-state index contributed by atoms with van der Waals surface area (Å²) in [7, 11) is -10.5. The van der Waals surface area contributed by atoms with E-state index >= 15 is 0 Å². The highest BCUT2D eigenvalue weighted by molar-refractivity contribution is 8.00. The SMILES string of the molecule is C=c1ccc2c(c1S(=O)(=O)O)Oc1c(ccc(N)c1S(=O)(=O)O)C=2c1ccc(C(=O)NCCN2C(=O)CC(SCC(NC(=O)C(Cc3ccccc3)NC(=O)CCOCCOCCNC(=O)CC[C@@H](NC(=O)N[C@H](CCC(=O)O)C(=O)O)C(=O)O)C(=O)C(=O)O)C2=O)cc1C(=O)O. The number of carboxylic acids is 5. The van der Waals surface area contributed by atoms with E-state index < -0.39 is 204 Å². The van der Waals surface area contributed by atoms with Crippen molar-refractivity contribution in [3.63, 3.8) is 0 Å². The number of anilines is 1. The number of hydrogen-bond donors (Lipinski definition) is 14. The molecule has 38 heteroatoms. The van der Waals surface area contributed by atoms with Gasteiger partial charge in [-0.1, -0.05) is 49.0 Å². The Balaban J connectivity index is 0.998. The Morgan fingerprint density at radius 2 is 1.30 bits per heavy atom. The summed E-state index contributed by atoms with van der Waals surface area (Å²) < 4.78 is 87.5. The monoisotopic (exact) mass is 1410 g/mol. The van der Waals surface area contributed by atoms with E-state index in [9.17, 15) is 109 Å². The Morgan fingerprint density at radius 3 is 1.91 bits per heavy atom. The average molecular weight is 1410 g/mol. The first kappa shape index (κ1) is 75.6. The van der Waals surface area contributed by atoms with E-state index in [2.05, 4.69) is 27.8 Å². The lowest BCUT2D eigenvalue weighted by atomic mass is 9.88. The summed E-state index contributed by atoms with van der Waals surface area (Å²) in [4.78, 5) is 163. The summed E-state index contributed by atoms with van der Waals surface area (Å²) in [6, 6.07) is 8.31. The molecule has 35 nitrogen and oxygen atoms in total. The van der Waals surface area contributed by atoms with E-state index in [-0.39, 0.29) is 84.9 Å². The topological polar surface area (TPSA) is 561 Å². The number of hydrogen-bond acceptors (Lipinski definition) is 22. The molecular weight excluding hydrogens is 1350 g/mol. The first-order valence-corrected chi connectivity index (χ1v) is 32.7. The number of aliphatic carboxylic acids is 4. The highest BCUT2D eigenvalue weighted by Gasteiger charge is 2.41. The van der Waals surface area contributed by atoms with Gasteiger partial charge in [0.15, 0.2) is 16.4 Å². The minimum absolute atomic E-state index is 0.0290. The van der Waals surface area contributed by atoms with Gasteiger partial charge in [-0.15, -0.1) is 11.8 Å². The number of thioether (sulfide) groups is 1. The molecule has 97 heavy (non-hydrogen) atoms. The zero-order valence-electron chi connectivity index (χ0n) is 50.7. The third-order valence-electron chi connectivity index (χ3n) is 14.4. The van der Waals surface area contributed by atoms with E-state index in [0.717, 1.165) is 35.2 Å². The van der Waals surface area contributed by atoms with Crippen LogP contribution in [0.3, 0.4) is 0 Å². The van der Waals surface area contributed by atoms with Crippen molar-refractivity contribution < 1.29 is 128 Å². The number of urea groups is 1. The summed E-state index contributed by atoms with van der Waals surface area (Å²) in [5, 5.41) is 59.7. The van der Waals surface area contributed by atoms with Crippen LogP contribution in [0.25, 0.3) is 12.2 Å². The van der Waals surface area contributed by atoms with Gasteiger partial charge < -0.3 is 77.4 Å². The number of carbonyl (C=O) groups is 13. The molecule has 0 saturated carbocycles. The number of rotatable bonds is 37. The van der Waals surface area contributed by atoms with Gasteiger partial charge in [0.05, 0.1) is 42.9 Å². The van der Waals surface area contributed by atoms with Crippen molar-refractivity contribution in [1.82, 2.24) is 36.8 Å². The van der Waals surface area contributed by atoms with Crippen LogP contribution < -0.4 is 52.8 Å². The number of benzene rings is 4. The number of likely N-dealkylation sites (tertiary alicyclic amines) is 1. The largest absolute Gasteiger partial charge is 0.481 e. The number of carboxylic acid groups (broad SMARTS) is 5. The average Bonchev–Trinajstić information content (AvgIpc) is 0.937. The number of aromatic carboxylic acids is 1. The molecule has 8 amide bonds. The van der Waals surface area contributed by atoms with Gasteiger partial charge in [-0.25, -0.2) is 24.0 Å². The van der Waals surface area contributed by atoms with Crippen LogP contribution >= 0.6 is 11.8 Å². The first-order valence-electron chi connectivity index (χ1n) is 28.8. The zero-order valence-corrected chi connectivity index (χ0v) is 53.1. The number of imide groups is 1. The van der Waals surface area contributed by atoms with Gasteiger partial charge >= 0.3 is 35.9 Å². The number of nitrogens with one attached hydrogen (secondary N) is 6. The molecule has 4 aromatic rings. The van der Waals surface area contributed by atoms with Crippen molar-refractivity contribution in [2.75, 3.05) is 57.5 Å². The molecule has 2 aliphatic rings. The summed E-state index contributed by atoms with van der Waals surface area (Å²) in [5.41, 5.74) is 4.21. The number of ketones is 1. The van der Waals surface area contributed by atoms with E-state index in [1.165, 1.54) is 12.1 Å². The number of nitrogens with zero attached hydrogens (tertiary/aromatic N) is 1. The minimum atomic E-state index is -5.25. The Hall–Kier alpha value is -10.4. The van der Waals surface area contributed by atoms with Gasteiger partial charge in [0, 0.05) is 79.4 Å². The van der Waals surface area contributed by atoms with Crippen molar-refractivity contribution >= 4 is 127 Å². The molecule has 2 aliphatic heterocycles. The first-order chi connectivity index (χ1) is 45.7. The number of Topliss-reactive ketones (excluding diaryl/α,β-unsaturated/α-hetero) is 1. The van der Waals surface area contributed by atoms with Gasteiger partial charge in [0.1, 0.15) is 29.1 Å². The predicted molar refractivity (Wildman–Crippen MR) is 333 cm³/mol. The molecule has 4 aromatic carbocycles. The smallest absolute Gasteiger partial charge is 0.374 e. The molecule has 520 valence electrons. The van der Waals surface area contributed by atoms with Crippen LogP contribution in [0.1, 0.15) is 75.9 Å². The second kappa shape index (κ2) is 33.8. The number of fused-ring (bicyclic) bond motifs is 2. The summed E-state index contributed by atoms with van der Waals surface area (Å²) in [6.45, 7) is 2.34. The van der Waals surface area contributed by atoms with Crippen molar-refractivity contribution in [2.24, 2.45) is 0 Å². The van der Waals surface area contributed by atoms with E-state index in [0.29, 0.717) is 17.3 Å². The fraction of sp³-hybridized carbons (Fsp3) is 0.339. The highest BCUT2D eigenvalue weighted by atomic mass is 32.2. The molecule has 15 N–H and O–H groups in total. The lowest BCUT2D eigenvalue weighted by molar-refractivity contribution is -0.150. The molecule has 1 saturated heterocycles. The van der Waals surface area contributed by atoms with Gasteiger partial charge in [-0.05, 0) is 59.5 Å². The lowest BCUT2D eigenvalue weighted by Gasteiger charge is -2.25. The maximum atomic E-state index is 13.9. The summed E-state index contributed by atoms with van der Waals surface area (Å²) in [5.74, 6) is -16.4. The molecule has 0 aliphatic carbocycles. The van der Waals surface area contributed by atoms with Crippen molar-refractivity contribution in [3.05, 3.63) is 111 Å². The van der Waals surface area contributed by atoms with E-state index in [1.54, 1.807) is 30.3 Å². The molecular formula is C59H64N8O27S3. The number of nitrogens with two attached hydrogens (primary N) is 1. The molecule has 0 spiro atoms. The summed E-state index contributed by atoms with van der Waals surface area (Å²) in [6.07, 6.45) is -2.78. The molecule has 1 fully saturated rings. The van der Waals surface area contributed by atoms with Crippen molar-refractivity contribution in [1.29, 1.82) is 0 Å². The van der Waals surface area contributed by atoms with Crippen LogP contribution in [0.2, 0.25) is 0 Å². The highest BCUT2D eigenvalue weighted by Crippen LogP contribution is 2.44. The third-order valence-corrected chi connectivity index (χ3v) is 17.6. The molecule has 3 unspecified atom stereocenters. The van der Waals surface area contributed by atoms with Gasteiger partial charge in [0.25, 0.3) is 31.9 Å². The van der Waals surface area contributed by atoms with Gasteiger partial charge in [0.2, 0.25) is 29.5 Å². The molecule has 2 heterocycles. The third kappa shape index (κ3) is 20.8. The Bertz CT molecular complexity index is 4160. The maximum absolute atomic E-state index is 13.9. The van der Waals surface area contributed by atoms with Crippen LogP contribution in [0.5, 0.6) is 11.5 Å². The van der Waals surface area contributed by atoms with Crippen molar-refractivity contribution in [3.8, 4) is 11.5 Å². The Morgan fingerprint density at radius 1 is 0.670 bits per heavy atom. The quantitative estimate of drug-likeness (QED) is 0.00677. The second-order valence-electron chi connectivity index (χ2n) is 21.2. The molecule has 5 atom stereocenters. The van der Waals surface area contributed by atoms with Crippen molar-refractivity contribution in [2.45, 2.75) is 84.2 Å². The van der Waals surface area contributed by atoms with E-state index in [1.807, 2.05) is 10.6 Å². The zero-order chi connectivity index (χ0) is 71.6. The lowest BCUT2D eigenvalue weighted by Crippen LogP contribution is -2.54. The van der Waals surface area contributed by atoms with Crippen LogP contribution in [-0.4, -0.2) is 215 Å². The van der Waals surface area contributed by atoms with Crippen LogP contribution in [-0.2, 0) is 84.1 Å². The fourth-order valence-electron chi connectivity index (χ4n) is 9.74. The van der Waals surface area contributed by atoms with E-state index in [4.69, 9.17) is 25.1 Å². The summed E-state index contributed by atoms with van der Waals surface area (Å²) >= 11 is 0.662. The number of ether oxygens (including phenoxy) is 3. The number of nitrogen functional groups attached to an aromatic ring is 1. The minimum Gasteiger partial charge on any atom is -0.481 e. The van der Waals surface area contributed by atoms with Crippen LogP contribution in [0.4, 0.5) is 10.5 Å². The standard InChI is InChI=1S/C59H64N8O27S3/c1-29-7-9-33-46(34-11-12-36(60)51(97(89,90)91)49(34)94-48(33)50(29)96(86,87)88)32-10-8-31(26-35(32)55(77)78)52(74)62-18-20-67-44(70)27-41(54(67)76)95-28-40(47(73)58(83)84)64-53(75)39(25-30-5-3-2-4-6-30)63-43(69)17-21-92-23-24-93-22-19-61-42(68)15-13-37(56(79)80)65-59(85)66-38(57(81)82)14-16-45(71)72/h2-12,26,37-41H,1,13-25,27-28,60H2,(H,61,68)(H,62,74)(H,63,69)(H,64,75)(H,71,72)(H,77,78)(H,79,80)(H,81,82)(H,83,84)(H2,65,66,85)(H,86,87,88)(H,89,90,91)/t37-,38-,39?,40?,41?/m1/s1. The Labute approximate surface area is 553 Å². The molecule has 6 rings (SSSR count). The fourth-order valence-corrected chi connectivity index (χ4v) is 12.5. The Kier molecular flexibility index (Phi) is 26.4. The van der Waals surface area contributed by atoms with Crippen LogP contribution in [0.15, 0.2) is 82.6 Å². The van der Waals surface area contributed by atoms with Crippen LogP contribution in [0, 0.1) is 0 Å². The van der Waals surface area contributed by atoms with Gasteiger partial charge in [-0.3, -0.25) is 52.4 Å². The number of carbonyl (C=O) groups excluding carboxylic acids is 8. The molecule has 0 bridgehead atoms. The second-order valence-corrected chi connectivity index (χ2v) is 25.1. The normalized spacial score (nSPS) is 14.6. The van der Waals surface area contributed by atoms with Gasteiger partial charge in [-0.2, -0.15) is 16.8 Å². The molecule has 0 radical (unpaired) electrons. The number of amides is 8. The molecule has 0 aromatic heterocycles. The maximum Gasteiger partial charge on any atom is 0.374 e.